The number of halogens is 1. The Hall–Kier alpha value is -2.70. The van der Waals surface area contributed by atoms with Gasteiger partial charge in [-0.15, -0.1) is 0 Å². The second-order valence-electron chi connectivity index (χ2n) is 6.12. The van der Waals surface area contributed by atoms with E-state index < -0.39 is 0 Å². The van der Waals surface area contributed by atoms with Crippen LogP contribution in [0, 0.1) is 12.7 Å². The Kier molecular flexibility index (Phi) is 5.11. The van der Waals surface area contributed by atoms with E-state index in [1.807, 2.05) is 0 Å². The number of amides is 1. The maximum absolute atomic E-state index is 13.7. The number of hydrogen-bond donors (Lipinski definition) is 1. The first-order chi connectivity index (χ1) is 12.1. The van der Waals surface area contributed by atoms with Gasteiger partial charge in [-0.05, 0) is 37.5 Å². The number of nitrogens with zero attached hydrogens (tertiary/aromatic N) is 3. The summed E-state index contributed by atoms with van der Waals surface area (Å²) in [4.78, 5) is 22.4. The monoisotopic (exact) mass is 344 g/mol. The van der Waals surface area contributed by atoms with Gasteiger partial charge in [0, 0.05) is 30.8 Å². The molecule has 1 saturated heterocycles. The molecule has 1 fully saturated rings. The number of benzene rings is 1. The number of hydrogen-bond acceptors (Lipinski definition) is 5. The minimum absolute atomic E-state index is 0.124. The van der Waals surface area contributed by atoms with E-state index in [1.165, 1.54) is 12.4 Å². The molecule has 0 saturated carbocycles. The molecule has 2 heterocycles. The summed E-state index contributed by atoms with van der Waals surface area (Å²) >= 11 is 0. The largest absolute Gasteiger partial charge is 0.481 e. The van der Waals surface area contributed by atoms with Gasteiger partial charge in [-0.3, -0.25) is 4.79 Å². The molecule has 7 heteroatoms. The van der Waals surface area contributed by atoms with Crippen LogP contribution in [0.25, 0.3) is 0 Å². The average Bonchev–Trinajstić information content (AvgIpc) is 2.64. The Balaban J connectivity index is 1.57. The molecular formula is C18H21FN4O2. The molecule has 1 amide bonds. The van der Waals surface area contributed by atoms with Crippen molar-refractivity contribution in [3.8, 4) is 5.88 Å². The van der Waals surface area contributed by atoms with Crippen molar-refractivity contribution in [2.45, 2.75) is 25.8 Å². The van der Waals surface area contributed by atoms with Gasteiger partial charge in [-0.2, -0.15) is 0 Å². The summed E-state index contributed by atoms with van der Waals surface area (Å²) in [6, 6.07) is 6.60. The molecule has 0 radical (unpaired) electrons. The van der Waals surface area contributed by atoms with Gasteiger partial charge < -0.3 is 15.0 Å². The van der Waals surface area contributed by atoms with Crippen molar-refractivity contribution in [3.63, 3.8) is 0 Å². The highest BCUT2D eigenvalue weighted by Gasteiger charge is 2.24. The van der Waals surface area contributed by atoms with Gasteiger partial charge in [0.2, 0.25) is 5.88 Å². The smallest absolute Gasteiger partial charge is 0.253 e. The summed E-state index contributed by atoms with van der Waals surface area (Å²) in [5.74, 6) is 0.741. The fraction of sp³-hybridized carbons (Fsp3) is 0.389. The molecule has 0 unspecified atom stereocenters. The molecule has 2 aromatic rings. The molecule has 25 heavy (non-hydrogen) atoms. The van der Waals surface area contributed by atoms with Crippen LogP contribution in [-0.4, -0.2) is 47.0 Å². The van der Waals surface area contributed by atoms with Crippen LogP contribution in [0.4, 0.5) is 10.2 Å². The van der Waals surface area contributed by atoms with Crippen molar-refractivity contribution in [3.05, 3.63) is 47.5 Å². The van der Waals surface area contributed by atoms with Crippen LogP contribution in [0.5, 0.6) is 5.88 Å². The molecule has 1 aromatic carbocycles. The van der Waals surface area contributed by atoms with E-state index in [2.05, 4.69) is 15.3 Å². The lowest BCUT2D eigenvalue weighted by atomic mass is 10.0. The van der Waals surface area contributed by atoms with Gasteiger partial charge in [-0.1, -0.05) is 6.07 Å². The maximum Gasteiger partial charge on any atom is 0.253 e. The summed E-state index contributed by atoms with van der Waals surface area (Å²) in [7, 11) is 1.56. The number of methoxy groups -OCH3 is 1. The standard InChI is InChI=1S/C18H21FN4O2/c1-12-3-4-13(9-15(12)19)18(24)23-7-5-14(6-8-23)22-16-10-17(25-2)21-11-20-16/h3-4,9-11,14H,5-8H2,1-2H3,(H,20,21,22). The molecule has 0 bridgehead atoms. The normalized spacial score (nSPS) is 15.1. The minimum Gasteiger partial charge on any atom is -0.481 e. The number of likely N-dealkylation sites (tertiary alicyclic amines) is 1. The Morgan fingerprint density at radius 1 is 1.28 bits per heavy atom. The number of rotatable bonds is 4. The zero-order valence-electron chi connectivity index (χ0n) is 14.3. The Morgan fingerprint density at radius 3 is 2.72 bits per heavy atom. The van der Waals surface area contributed by atoms with Crippen LogP contribution < -0.4 is 10.1 Å². The van der Waals surface area contributed by atoms with Gasteiger partial charge >= 0.3 is 0 Å². The van der Waals surface area contributed by atoms with E-state index in [9.17, 15) is 9.18 Å². The van der Waals surface area contributed by atoms with E-state index in [0.717, 1.165) is 12.8 Å². The van der Waals surface area contributed by atoms with Crippen molar-refractivity contribution in [2.24, 2.45) is 0 Å². The summed E-state index contributed by atoms with van der Waals surface area (Å²) in [5, 5.41) is 3.34. The van der Waals surface area contributed by atoms with Crippen molar-refractivity contribution >= 4 is 11.7 Å². The quantitative estimate of drug-likeness (QED) is 0.924. The molecule has 1 aliphatic heterocycles. The number of anilines is 1. The van der Waals surface area contributed by atoms with E-state index in [-0.39, 0.29) is 17.8 Å². The number of nitrogens with one attached hydrogen (secondary N) is 1. The third kappa shape index (κ3) is 4.04. The van der Waals surface area contributed by atoms with Crippen LogP contribution in [0.1, 0.15) is 28.8 Å². The van der Waals surface area contributed by atoms with Crippen LogP contribution >= 0.6 is 0 Å². The van der Waals surface area contributed by atoms with E-state index >= 15 is 0 Å². The zero-order valence-corrected chi connectivity index (χ0v) is 14.3. The molecular weight excluding hydrogens is 323 g/mol. The molecule has 0 aliphatic carbocycles. The Morgan fingerprint density at radius 2 is 2.04 bits per heavy atom. The summed E-state index contributed by atoms with van der Waals surface area (Å²) in [6.07, 6.45) is 3.05. The topological polar surface area (TPSA) is 67.3 Å². The number of aryl methyl sites for hydroxylation is 1. The highest BCUT2D eigenvalue weighted by atomic mass is 19.1. The number of piperidine rings is 1. The van der Waals surface area contributed by atoms with Crippen molar-refractivity contribution < 1.29 is 13.9 Å². The predicted octanol–water partition coefficient (Wildman–Crippen LogP) is 2.65. The third-order valence-electron chi connectivity index (χ3n) is 4.40. The summed E-state index contributed by atoms with van der Waals surface area (Å²) < 4.78 is 18.8. The lowest BCUT2D eigenvalue weighted by Crippen LogP contribution is -2.42. The minimum atomic E-state index is -0.347. The second kappa shape index (κ2) is 7.46. The van der Waals surface area contributed by atoms with E-state index in [0.29, 0.717) is 35.9 Å². The van der Waals surface area contributed by atoms with Crippen LogP contribution in [0.3, 0.4) is 0 Å². The van der Waals surface area contributed by atoms with E-state index in [4.69, 9.17) is 4.74 Å². The fourth-order valence-corrected chi connectivity index (χ4v) is 2.87. The first kappa shape index (κ1) is 17.1. The number of carbonyl (C=O) groups excluding carboxylic acids is 1. The molecule has 0 spiro atoms. The molecule has 132 valence electrons. The number of aromatic nitrogens is 2. The van der Waals surface area contributed by atoms with Gasteiger partial charge in [0.15, 0.2) is 0 Å². The van der Waals surface area contributed by atoms with Crippen molar-refractivity contribution in [1.82, 2.24) is 14.9 Å². The van der Waals surface area contributed by atoms with Crippen molar-refractivity contribution in [2.75, 3.05) is 25.5 Å². The van der Waals surface area contributed by atoms with Gasteiger partial charge in [0.05, 0.1) is 7.11 Å². The Bertz CT molecular complexity index is 760. The average molecular weight is 344 g/mol. The lowest BCUT2D eigenvalue weighted by Gasteiger charge is -2.32. The first-order valence-corrected chi connectivity index (χ1v) is 8.25. The number of carbonyl (C=O) groups is 1. The highest BCUT2D eigenvalue weighted by molar-refractivity contribution is 5.94. The first-order valence-electron chi connectivity index (χ1n) is 8.25. The third-order valence-corrected chi connectivity index (χ3v) is 4.40. The summed E-state index contributed by atoms with van der Waals surface area (Å²) in [6.45, 7) is 2.92. The van der Waals surface area contributed by atoms with E-state index in [1.54, 1.807) is 37.1 Å². The van der Waals surface area contributed by atoms with Crippen LogP contribution in [0.2, 0.25) is 0 Å². The molecule has 1 aromatic heterocycles. The van der Waals surface area contributed by atoms with Crippen molar-refractivity contribution in [1.29, 1.82) is 0 Å². The molecule has 1 N–H and O–H groups in total. The van der Waals surface area contributed by atoms with Gasteiger partial charge in [0.25, 0.3) is 5.91 Å². The molecule has 1 aliphatic rings. The summed E-state index contributed by atoms with van der Waals surface area (Å²) in [5.41, 5.74) is 0.940. The van der Waals surface area contributed by atoms with Crippen LogP contribution in [-0.2, 0) is 0 Å². The fourth-order valence-electron chi connectivity index (χ4n) is 2.87. The van der Waals surface area contributed by atoms with Gasteiger partial charge in [-0.25, -0.2) is 14.4 Å². The molecule has 6 nitrogen and oxygen atoms in total. The SMILES string of the molecule is COc1cc(NC2CCN(C(=O)c3ccc(C)c(F)c3)CC2)ncn1. The Labute approximate surface area is 146 Å². The molecule has 0 atom stereocenters. The predicted molar refractivity (Wildman–Crippen MR) is 92.3 cm³/mol. The van der Waals surface area contributed by atoms with Crippen LogP contribution in [0.15, 0.2) is 30.6 Å². The lowest BCUT2D eigenvalue weighted by molar-refractivity contribution is 0.0718. The highest BCUT2D eigenvalue weighted by Crippen LogP contribution is 2.19. The molecule has 3 rings (SSSR count). The zero-order chi connectivity index (χ0) is 17.8. The maximum atomic E-state index is 13.7. The van der Waals surface area contributed by atoms with Gasteiger partial charge in [0.1, 0.15) is 18.0 Å². The number of ether oxygens (including phenoxy) is 1. The second-order valence-corrected chi connectivity index (χ2v) is 6.12.